The zero-order valence-corrected chi connectivity index (χ0v) is 12.6. The molecule has 0 aliphatic carbocycles. The SMILES string of the molecule is Cc1cccc(/C=C2\SC(=O)NC2=O)c1N1CCNCC1. The molecule has 2 aliphatic rings. The Hall–Kier alpha value is -1.79. The second-order valence-electron chi connectivity index (χ2n) is 5.10. The molecule has 21 heavy (non-hydrogen) atoms. The second-order valence-corrected chi connectivity index (χ2v) is 6.12. The van der Waals surface area contributed by atoms with Crippen LogP contribution in [0.1, 0.15) is 11.1 Å². The van der Waals surface area contributed by atoms with Crippen molar-refractivity contribution < 1.29 is 9.59 Å². The number of hydrogen-bond donors (Lipinski definition) is 2. The van der Waals surface area contributed by atoms with E-state index in [1.807, 2.05) is 18.2 Å². The quantitative estimate of drug-likeness (QED) is 0.815. The summed E-state index contributed by atoms with van der Waals surface area (Å²) in [4.78, 5) is 25.8. The van der Waals surface area contributed by atoms with Gasteiger partial charge in [0.15, 0.2) is 0 Å². The van der Waals surface area contributed by atoms with Crippen LogP contribution in [-0.2, 0) is 4.79 Å². The maximum atomic E-state index is 11.7. The summed E-state index contributed by atoms with van der Waals surface area (Å²) in [7, 11) is 0. The lowest BCUT2D eigenvalue weighted by molar-refractivity contribution is -0.115. The molecule has 2 aliphatic heterocycles. The normalized spacial score (nSPS) is 21.0. The molecule has 0 unspecified atom stereocenters. The fourth-order valence-corrected chi connectivity index (χ4v) is 3.35. The molecule has 0 saturated carbocycles. The summed E-state index contributed by atoms with van der Waals surface area (Å²) in [5.41, 5.74) is 3.32. The molecule has 1 aromatic rings. The molecular formula is C15H17N3O2S. The van der Waals surface area contributed by atoms with Crippen LogP contribution in [0, 0.1) is 6.92 Å². The molecule has 0 radical (unpaired) electrons. The number of anilines is 1. The van der Waals surface area contributed by atoms with Crippen molar-refractivity contribution in [3.63, 3.8) is 0 Å². The zero-order chi connectivity index (χ0) is 14.8. The first kappa shape index (κ1) is 14.2. The van der Waals surface area contributed by atoms with Crippen molar-refractivity contribution in [2.45, 2.75) is 6.92 Å². The summed E-state index contributed by atoms with van der Waals surface area (Å²) >= 11 is 0.960. The van der Waals surface area contributed by atoms with E-state index in [0.29, 0.717) is 4.91 Å². The Morgan fingerprint density at radius 2 is 2.00 bits per heavy atom. The van der Waals surface area contributed by atoms with Gasteiger partial charge < -0.3 is 10.2 Å². The van der Waals surface area contributed by atoms with Gasteiger partial charge in [-0.05, 0) is 35.9 Å². The zero-order valence-electron chi connectivity index (χ0n) is 11.8. The third-order valence-corrected chi connectivity index (χ3v) is 4.44. The van der Waals surface area contributed by atoms with E-state index in [2.05, 4.69) is 28.5 Å². The minimum absolute atomic E-state index is 0.303. The highest BCUT2D eigenvalue weighted by Crippen LogP contribution is 2.31. The van der Waals surface area contributed by atoms with E-state index in [0.717, 1.165) is 49.2 Å². The topological polar surface area (TPSA) is 61.4 Å². The standard InChI is InChI=1S/C15H17N3O2S/c1-10-3-2-4-11(9-12-14(19)17-15(20)21-12)13(10)18-7-5-16-6-8-18/h2-4,9,16H,5-8H2,1H3,(H,17,19,20)/b12-9-. The van der Waals surface area contributed by atoms with Gasteiger partial charge >= 0.3 is 0 Å². The van der Waals surface area contributed by atoms with Crippen LogP contribution in [0.15, 0.2) is 23.1 Å². The Labute approximate surface area is 127 Å². The van der Waals surface area contributed by atoms with Gasteiger partial charge in [0, 0.05) is 31.9 Å². The number of para-hydroxylation sites is 1. The average molecular weight is 303 g/mol. The first-order valence-electron chi connectivity index (χ1n) is 6.95. The molecule has 3 rings (SSSR count). The molecule has 2 N–H and O–H groups in total. The summed E-state index contributed by atoms with van der Waals surface area (Å²) in [6.07, 6.45) is 1.81. The lowest BCUT2D eigenvalue weighted by Crippen LogP contribution is -2.44. The fourth-order valence-electron chi connectivity index (χ4n) is 2.68. The van der Waals surface area contributed by atoms with E-state index in [9.17, 15) is 9.59 Å². The van der Waals surface area contributed by atoms with Gasteiger partial charge in [-0.25, -0.2) is 0 Å². The number of imide groups is 1. The van der Waals surface area contributed by atoms with Crippen LogP contribution in [0.3, 0.4) is 0 Å². The number of thioether (sulfide) groups is 1. The molecular weight excluding hydrogens is 286 g/mol. The monoisotopic (exact) mass is 303 g/mol. The van der Waals surface area contributed by atoms with E-state index in [4.69, 9.17) is 0 Å². The lowest BCUT2D eigenvalue weighted by Gasteiger charge is -2.32. The van der Waals surface area contributed by atoms with E-state index >= 15 is 0 Å². The van der Waals surface area contributed by atoms with Crippen LogP contribution in [0.5, 0.6) is 0 Å². The van der Waals surface area contributed by atoms with Crippen LogP contribution in [-0.4, -0.2) is 37.3 Å². The minimum atomic E-state index is -0.308. The summed E-state index contributed by atoms with van der Waals surface area (Å²) in [5, 5.41) is 5.33. The number of benzene rings is 1. The third kappa shape index (κ3) is 2.96. The van der Waals surface area contributed by atoms with Crippen LogP contribution in [0.4, 0.5) is 10.5 Å². The molecule has 5 nitrogen and oxygen atoms in total. The third-order valence-electron chi connectivity index (χ3n) is 3.63. The number of carbonyl (C=O) groups is 2. The van der Waals surface area contributed by atoms with Crippen molar-refractivity contribution in [3.05, 3.63) is 34.2 Å². The summed E-state index contributed by atoms with van der Waals surface area (Å²) < 4.78 is 0. The summed E-state index contributed by atoms with van der Waals surface area (Å²) in [6.45, 7) is 5.88. The molecule has 0 spiro atoms. The summed E-state index contributed by atoms with van der Waals surface area (Å²) in [5.74, 6) is -0.308. The van der Waals surface area contributed by atoms with Gasteiger partial charge in [0.25, 0.3) is 11.1 Å². The van der Waals surface area contributed by atoms with Crippen molar-refractivity contribution >= 4 is 34.7 Å². The van der Waals surface area contributed by atoms with E-state index in [-0.39, 0.29) is 11.1 Å². The van der Waals surface area contributed by atoms with Crippen LogP contribution < -0.4 is 15.5 Å². The number of nitrogens with zero attached hydrogens (tertiary/aromatic N) is 1. The molecule has 2 amide bonds. The Bertz CT molecular complexity index is 621. The molecule has 2 heterocycles. The smallest absolute Gasteiger partial charge is 0.290 e. The maximum absolute atomic E-state index is 11.7. The number of hydrogen-bond acceptors (Lipinski definition) is 5. The van der Waals surface area contributed by atoms with Gasteiger partial charge in [0.05, 0.1) is 4.91 Å². The summed E-state index contributed by atoms with van der Waals surface area (Å²) in [6, 6.07) is 6.05. The highest BCUT2D eigenvalue weighted by atomic mass is 32.2. The van der Waals surface area contributed by atoms with Crippen LogP contribution in [0.2, 0.25) is 0 Å². The van der Waals surface area contributed by atoms with Crippen LogP contribution in [0.25, 0.3) is 6.08 Å². The predicted molar refractivity (Wildman–Crippen MR) is 85.4 cm³/mol. The largest absolute Gasteiger partial charge is 0.368 e. The van der Waals surface area contributed by atoms with E-state index in [1.165, 1.54) is 5.56 Å². The van der Waals surface area contributed by atoms with Gasteiger partial charge in [0.1, 0.15) is 0 Å². The highest BCUT2D eigenvalue weighted by molar-refractivity contribution is 8.18. The Morgan fingerprint density at radius 1 is 1.24 bits per heavy atom. The molecule has 0 aromatic heterocycles. The number of amides is 2. The van der Waals surface area contributed by atoms with Crippen molar-refractivity contribution in [2.24, 2.45) is 0 Å². The van der Waals surface area contributed by atoms with Gasteiger partial charge in [0.2, 0.25) is 0 Å². The van der Waals surface area contributed by atoms with Gasteiger partial charge in [-0.1, -0.05) is 18.2 Å². The molecule has 2 fully saturated rings. The Kier molecular flexibility index (Phi) is 3.98. The number of rotatable bonds is 2. The van der Waals surface area contributed by atoms with Crippen molar-refractivity contribution in [1.29, 1.82) is 0 Å². The number of piperazine rings is 1. The predicted octanol–water partition coefficient (Wildman–Crippen LogP) is 1.73. The fraction of sp³-hybridized carbons (Fsp3) is 0.333. The Morgan fingerprint density at radius 3 is 2.67 bits per heavy atom. The average Bonchev–Trinajstić information content (AvgIpc) is 2.78. The molecule has 2 saturated heterocycles. The van der Waals surface area contributed by atoms with Gasteiger partial charge in [-0.15, -0.1) is 0 Å². The first-order valence-corrected chi connectivity index (χ1v) is 7.77. The molecule has 110 valence electrons. The van der Waals surface area contributed by atoms with Gasteiger partial charge in [-0.3, -0.25) is 14.9 Å². The van der Waals surface area contributed by atoms with E-state index in [1.54, 1.807) is 0 Å². The number of aryl methyl sites for hydroxylation is 1. The lowest BCUT2D eigenvalue weighted by atomic mass is 10.1. The molecule has 1 aromatic carbocycles. The number of carbonyl (C=O) groups excluding carboxylic acids is 2. The molecule has 0 atom stereocenters. The second kappa shape index (κ2) is 5.91. The Balaban J connectivity index is 1.98. The number of nitrogens with one attached hydrogen (secondary N) is 2. The maximum Gasteiger partial charge on any atom is 0.290 e. The van der Waals surface area contributed by atoms with Crippen LogP contribution >= 0.6 is 11.8 Å². The van der Waals surface area contributed by atoms with E-state index < -0.39 is 0 Å². The highest BCUT2D eigenvalue weighted by Gasteiger charge is 2.26. The minimum Gasteiger partial charge on any atom is -0.368 e. The molecule has 0 bridgehead atoms. The first-order chi connectivity index (χ1) is 10.1. The molecule has 6 heteroatoms. The van der Waals surface area contributed by atoms with Crippen molar-refractivity contribution in [3.8, 4) is 0 Å². The van der Waals surface area contributed by atoms with Crippen molar-refractivity contribution in [1.82, 2.24) is 10.6 Å². The van der Waals surface area contributed by atoms with Gasteiger partial charge in [-0.2, -0.15) is 0 Å². The van der Waals surface area contributed by atoms with Crippen molar-refractivity contribution in [2.75, 3.05) is 31.1 Å².